The Kier molecular flexibility index (Phi) is 3.24. The van der Waals surface area contributed by atoms with Gasteiger partial charge in [-0.05, 0) is 35.2 Å². The van der Waals surface area contributed by atoms with E-state index in [0.29, 0.717) is 5.69 Å². The number of rotatable bonds is 2. The van der Waals surface area contributed by atoms with E-state index in [1.54, 1.807) is 6.20 Å². The third-order valence-corrected chi connectivity index (χ3v) is 2.81. The number of nitrogens with one attached hydrogen (secondary N) is 1. The van der Waals surface area contributed by atoms with Gasteiger partial charge in [0.1, 0.15) is 5.82 Å². The molecule has 0 bridgehead atoms. The van der Waals surface area contributed by atoms with Gasteiger partial charge >= 0.3 is 0 Å². The molecular weight excluding hydrogens is 222 g/mol. The van der Waals surface area contributed by atoms with Gasteiger partial charge in [0.15, 0.2) is 0 Å². The summed E-state index contributed by atoms with van der Waals surface area (Å²) in [6, 6.07) is 12.1. The van der Waals surface area contributed by atoms with Crippen molar-refractivity contribution in [3.63, 3.8) is 0 Å². The first-order chi connectivity index (χ1) is 8.45. The lowest BCUT2D eigenvalue weighted by molar-refractivity contribution is 0.590. The van der Waals surface area contributed by atoms with Gasteiger partial charge in [-0.2, -0.15) is 0 Å². The maximum atomic E-state index is 5.60. The van der Waals surface area contributed by atoms with Gasteiger partial charge in [-0.3, -0.25) is 0 Å². The zero-order chi connectivity index (χ0) is 13.2. The number of anilines is 3. The largest absolute Gasteiger partial charge is 0.397 e. The molecular formula is C15H19N3. The highest BCUT2D eigenvalue weighted by Gasteiger charge is 2.12. The van der Waals surface area contributed by atoms with Gasteiger partial charge in [-0.25, -0.2) is 4.98 Å². The summed E-state index contributed by atoms with van der Waals surface area (Å²) < 4.78 is 0. The van der Waals surface area contributed by atoms with E-state index in [-0.39, 0.29) is 5.41 Å². The van der Waals surface area contributed by atoms with Crippen molar-refractivity contribution in [3.8, 4) is 0 Å². The number of nitrogen functional groups attached to an aromatic ring is 1. The maximum absolute atomic E-state index is 5.60. The maximum Gasteiger partial charge on any atom is 0.130 e. The summed E-state index contributed by atoms with van der Waals surface area (Å²) in [7, 11) is 0. The van der Waals surface area contributed by atoms with Crippen molar-refractivity contribution in [3.05, 3.63) is 48.2 Å². The van der Waals surface area contributed by atoms with E-state index in [1.165, 1.54) is 5.56 Å². The van der Waals surface area contributed by atoms with E-state index < -0.39 is 0 Å². The fourth-order valence-corrected chi connectivity index (χ4v) is 1.68. The standard InChI is InChI=1S/C15H19N3/c1-15(2,3)11-4-7-13(8-5-11)18-14-9-6-12(16)10-17-14/h4-10H,16H2,1-3H3,(H,17,18). The molecule has 2 rings (SSSR count). The third-order valence-electron chi connectivity index (χ3n) is 2.81. The van der Waals surface area contributed by atoms with Gasteiger partial charge in [-0.15, -0.1) is 0 Å². The number of pyridine rings is 1. The first-order valence-electron chi connectivity index (χ1n) is 6.04. The number of nitrogens with zero attached hydrogens (tertiary/aromatic N) is 1. The predicted octanol–water partition coefficient (Wildman–Crippen LogP) is 3.70. The molecule has 3 nitrogen and oxygen atoms in total. The van der Waals surface area contributed by atoms with Gasteiger partial charge in [-0.1, -0.05) is 32.9 Å². The summed E-state index contributed by atoms with van der Waals surface area (Å²) in [5, 5.41) is 3.24. The molecule has 18 heavy (non-hydrogen) atoms. The van der Waals surface area contributed by atoms with Crippen molar-refractivity contribution < 1.29 is 0 Å². The van der Waals surface area contributed by atoms with Crippen LogP contribution in [0.15, 0.2) is 42.6 Å². The average Bonchev–Trinajstić information content (AvgIpc) is 2.32. The highest BCUT2D eigenvalue weighted by Crippen LogP contribution is 2.24. The topological polar surface area (TPSA) is 50.9 Å². The van der Waals surface area contributed by atoms with Crippen LogP contribution in [-0.2, 0) is 5.41 Å². The van der Waals surface area contributed by atoms with Crippen LogP contribution in [0.4, 0.5) is 17.2 Å². The van der Waals surface area contributed by atoms with Crippen molar-refractivity contribution in [2.45, 2.75) is 26.2 Å². The van der Waals surface area contributed by atoms with Gasteiger partial charge in [0.2, 0.25) is 0 Å². The molecule has 0 aliphatic rings. The average molecular weight is 241 g/mol. The lowest BCUT2D eigenvalue weighted by Gasteiger charge is -2.19. The Labute approximate surface area is 108 Å². The number of hydrogen-bond donors (Lipinski definition) is 2. The minimum Gasteiger partial charge on any atom is -0.397 e. The molecule has 0 fully saturated rings. The molecule has 0 unspecified atom stereocenters. The Morgan fingerprint density at radius 3 is 2.17 bits per heavy atom. The molecule has 1 aromatic carbocycles. The van der Waals surface area contributed by atoms with Crippen LogP contribution in [-0.4, -0.2) is 4.98 Å². The predicted molar refractivity (Wildman–Crippen MR) is 77.1 cm³/mol. The molecule has 2 aromatic rings. The Balaban J connectivity index is 2.13. The van der Waals surface area contributed by atoms with Crippen LogP contribution in [0.1, 0.15) is 26.3 Å². The van der Waals surface area contributed by atoms with Crippen molar-refractivity contribution >= 4 is 17.2 Å². The van der Waals surface area contributed by atoms with Crippen molar-refractivity contribution in [1.82, 2.24) is 4.98 Å². The number of benzene rings is 1. The van der Waals surface area contributed by atoms with Crippen molar-refractivity contribution in [2.75, 3.05) is 11.1 Å². The normalized spacial score (nSPS) is 11.3. The summed E-state index contributed by atoms with van der Waals surface area (Å²) >= 11 is 0. The second-order valence-corrected chi connectivity index (χ2v) is 5.43. The van der Waals surface area contributed by atoms with E-state index in [0.717, 1.165) is 11.5 Å². The molecule has 0 radical (unpaired) electrons. The monoisotopic (exact) mass is 241 g/mol. The first kappa shape index (κ1) is 12.4. The van der Waals surface area contributed by atoms with Crippen LogP contribution < -0.4 is 11.1 Å². The fraction of sp³-hybridized carbons (Fsp3) is 0.267. The molecule has 0 atom stereocenters. The number of aromatic nitrogens is 1. The summed E-state index contributed by atoms with van der Waals surface area (Å²) in [6.07, 6.45) is 1.64. The molecule has 1 aromatic heterocycles. The Bertz CT molecular complexity index is 507. The minimum atomic E-state index is 0.179. The highest BCUT2D eigenvalue weighted by molar-refractivity contribution is 5.58. The van der Waals surface area contributed by atoms with Crippen LogP contribution in [0.5, 0.6) is 0 Å². The molecule has 0 saturated heterocycles. The molecule has 0 saturated carbocycles. The van der Waals surface area contributed by atoms with E-state index in [2.05, 4.69) is 55.3 Å². The Morgan fingerprint density at radius 1 is 1.00 bits per heavy atom. The fourth-order valence-electron chi connectivity index (χ4n) is 1.68. The third kappa shape index (κ3) is 3.00. The Hall–Kier alpha value is -2.03. The Morgan fingerprint density at radius 2 is 1.67 bits per heavy atom. The highest BCUT2D eigenvalue weighted by atomic mass is 15.0. The molecule has 0 aliphatic heterocycles. The van der Waals surface area contributed by atoms with Gasteiger partial charge < -0.3 is 11.1 Å². The van der Waals surface area contributed by atoms with E-state index in [9.17, 15) is 0 Å². The van der Waals surface area contributed by atoms with Crippen LogP contribution in [0.3, 0.4) is 0 Å². The summed E-state index contributed by atoms with van der Waals surface area (Å²) in [6.45, 7) is 6.62. The molecule has 0 amide bonds. The second-order valence-electron chi connectivity index (χ2n) is 5.43. The first-order valence-corrected chi connectivity index (χ1v) is 6.04. The molecule has 0 spiro atoms. The SMILES string of the molecule is CC(C)(C)c1ccc(Nc2ccc(N)cn2)cc1. The molecule has 3 N–H and O–H groups in total. The zero-order valence-electron chi connectivity index (χ0n) is 11.1. The smallest absolute Gasteiger partial charge is 0.130 e. The summed E-state index contributed by atoms with van der Waals surface area (Å²) in [5.41, 5.74) is 8.79. The van der Waals surface area contributed by atoms with E-state index in [1.807, 2.05) is 12.1 Å². The second kappa shape index (κ2) is 4.69. The van der Waals surface area contributed by atoms with Gasteiger partial charge in [0.05, 0.1) is 11.9 Å². The summed E-state index contributed by atoms with van der Waals surface area (Å²) in [4.78, 5) is 4.21. The van der Waals surface area contributed by atoms with E-state index in [4.69, 9.17) is 5.73 Å². The summed E-state index contributed by atoms with van der Waals surface area (Å²) in [5.74, 6) is 0.799. The van der Waals surface area contributed by atoms with Crippen molar-refractivity contribution in [2.24, 2.45) is 0 Å². The van der Waals surface area contributed by atoms with Crippen molar-refractivity contribution in [1.29, 1.82) is 0 Å². The number of hydrogen-bond acceptors (Lipinski definition) is 3. The minimum absolute atomic E-state index is 0.179. The van der Waals surface area contributed by atoms with E-state index >= 15 is 0 Å². The molecule has 1 heterocycles. The van der Waals surface area contributed by atoms with Crippen LogP contribution in [0.25, 0.3) is 0 Å². The van der Waals surface area contributed by atoms with Gasteiger partial charge in [0, 0.05) is 5.69 Å². The quantitative estimate of drug-likeness (QED) is 0.842. The zero-order valence-corrected chi connectivity index (χ0v) is 11.1. The van der Waals surface area contributed by atoms with Crippen LogP contribution in [0.2, 0.25) is 0 Å². The molecule has 3 heteroatoms. The lowest BCUT2D eigenvalue weighted by atomic mass is 9.87. The molecule has 94 valence electrons. The van der Waals surface area contributed by atoms with Gasteiger partial charge in [0.25, 0.3) is 0 Å². The molecule has 0 aliphatic carbocycles. The van der Waals surface area contributed by atoms with Crippen LogP contribution >= 0.6 is 0 Å². The lowest BCUT2D eigenvalue weighted by Crippen LogP contribution is -2.10. The number of nitrogens with two attached hydrogens (primary N) is 1. The van der Waals surface area contributed by atoms with Crippen LogP contribution in [0, 0.1) is 0 Å².